The number of carbonyl (C=O) groups is 1. The van der Waals surface area contributed by atoms with Crippen LogP contribution in [0, 0.1) is 0 Å². The Morgan fingerprint density at radius 2 is 1.96 bits per heavy atom. The van der Waals surface area contributed by atoms with Gasteiger partial charge in [-0.2, -0.15) is 0 Å². The van der Waals surface area contributed by atoms with Crippen molar-refractivity contribution in [3.8, 4) is 17.2 Å². The van der Waals surface area contributed by atoms with E-state index < -0.39 is 5.97 Å². The number of pyridine rings is 1. The van der Waals surface area contributed by atoms with Crippen LogP contribution in [0.2, 0.25) is 0 Å². The molecule has 3 rings (SSSR count). The third-order valence-corrected chi connectivity index (χ3v) is 3.00. The topological polar surface area (TPSA) is 87.3 Å². The Labute approximate surface area is 131 Å². The Kier molecular flexibility index (Phi) is 4.28. The molecule has 7 nitrogen and oxygen atoms in total. The summed E-state index contributed by atoms with van der Waals surface area (Å²) in [6, 6.07) is 12.2. The van der Waals surface area contributed by atoms with Crippen molar-refractivity contribution in [1.82, 2.24) is 15.2 Å². The first kappa shape index (κ1) is 14.7. The lowest BCUT2D eigenvalue weighted by Crippen LogP contribution is -2.07. The fourth-order valence-electron chi connectivity index (χ4n) is 1.85. The van der Waals surface area contributed by atoms with Gasteiger partial charge in [-0.05, 0) is 36.4 Å². The average Bonchev–Trinajstić information content (AvgIpc) is 3.09. The van der Waals surface area contributed by atoms with Gasteiger partial charge in [-0.3, -0.25) is 0 Å². The van der Waals surface area contributed by atoms with E-state index in [-0.39, 0.29) is 18.2 Å². The summed E-state index contributed by atoms with van der Waals surface area (Å²) in [5.74, 6) is 0.740. The predicted molar refractivity (Wildman–Crippen MR) is 79.6 cm³/mol. The Balaban J connectivity index is 1.64. The van der Waals surface area contributed by atoms with Crippen LogP contribution in [0.1, 0.15) is 16.4 Å². The molecule has 2 heterocycles. The molecule has 0 unspecified atom stereocenters. The maximum atomic E-state index is 11.8. The van der Waals surface area contributed by atoms with Crippen molar-refractivity contribution in [3.63, 3.8) is 0 Å². The Morgan fingerprint density at radius 3 is 2.65 bits per heavy atom. The second-order valence-electron chi connectivity index (χ2n) is 4.52. The number of ether oxygens (including phenoxy) is 2. The number of nitrogens with zero attached hydrogens (tertiary/aromatic N) is 3. The van der Waals surface area contributed by atoms with E-state index in [2.05, 4.69) is 15.2 Å². The second kappa shape index (κ2) is 6.69. The van der Waals surface area contributed by atoms with Gasteiger partial charge in [-0.1, -0.05) is 6.07 Å². The molecular formula is C16H13N3O4. The van der Waals surface area contributed by atoms with E-state index in [9.17, 15) is 4.79 Å². The van der Waals surface area contributed by atoms with Crippen molar-refractivity contribution in [1.29, 1.82) is 0 Å². The first-order valence-corrected chi connectivity index (χ1v) is 6.81. The van der Waals surface area contributed by atoms with Gasteiger partial charge in [-0.15, -0.1) is 10.2 Å². The van der Waals surface area contributed by atoms with Crippen LogP contribution in [0.5, 0.6) is 5.75 Å². The molecule has 0 atom stereocenters. The van der Waals surface area contributed by atoms with E-state index in [0.29, 0.717) is 5.89 Å². The highest BCUT2D eigenvalue weighted by molar-refractivity contribution is 5.86. The van der Waals surface area contributed by atoms with Crippen molar-refractivity contribution < 1.29 is 18.7 Å². The molecule has 0 N–H and O–H groups in total. The molecule has 0 saturated carbocycles. The summed E-state index contributed by atoms with van der Waals surface area (Å²) >= 11 is 0. The number of rotatable bonds is 5. The molecule has 0 spiro atoms. The lowest BCUT2D eigenvalue weighted by atomic mass is 10.2. The number of benzene rings is 1. The highest BCUT2D eigenvalue weighted by atomic mass is 16.5. The Morgan fingerprint density at radius 1 is 1.13 bits per heavy atom. The fourth-order valence-corrected chi connectivity index (χ4v) is 1.85. The van der Waals surface area contributed by atoms with Crippen LogP contribution < -0.4 is 4.74 Å². The third-order valence-electron chi connectivity index (χ3n) is 3.00. The number of aromatic nitrogens is 3. The van der Waals surface area contributed by atoms with Gasteiger partial charge in [0.2, 0.25) is 5.89 Å². The first-order valence-electron chi connectivity index (χ1n) is 6.81. The number of hydrogen-bond donors (Lipinski definition) is 0. The lowest BCUT2D eigenvalue weighted by molar-refractivity contribution is 0.0431. The van der Waals surface area contributed by atoms with Crippen LogP contribution in [0.15, 0.2) is 53.1 Å². The first-order chi connectivity index (χ1) is 11.3. The standard InChI is InChI=1S/C16H13N3O4/c1-21-12-7-5-11(6-8-12)15-19-18-14(23-15)10-22-16(20)13-4-2-3-9-17-13/h2-9H,10H2,1H3. The molecule has 23 heavy (non-hydrogen) atoms. The zero-order valence-corrected chi connectivity index (χ0v) is 12.3. The molecule has 2 aromatic heterocycles. The molecule has 7 heteroatoms. The van der Waals surface area contributed by atoms with E-state index in [4.69, 9.17) is 13.9 Å². The van der Waals surface area contributed by atoms with Gasteiger partial charge < -0.3 is 13.9 Å². The number of methoxy groups -OCH3 is 1. The summed E-state index contributed by atoms with van der Waals surface area (Å²) in [5.41, 5.74) is 0.975. The molecule has 0 aliphatic carbocycles. The molecule has 0 bridgehead atoms. The number of carbonyl (C=O) groups excluding carboxylic acids is 1. The highest BCUT2D eigenvalue weighted by Crippen LogP contribution is 2.21. The van der Waals surface area contributed by atoms with Crippen molar-refractivity contribution in [2.24, 2.45) is 0 Å². The van der Waals surface area contributed by atoms with Gasteiger partial charge in [0, 0.05) is 11.8 Å². The highest BCUT2D eigenvalue weighted by Gasteiger charge is 2.13. The summed E-state index contributed by atoms with van der Waals surface area (Å²) in [6.07, 6.45) is 1.52. The summed E-state index contributed by atoms with van der Waals surface area (Å²) < 4.78 is 15.6. The minimum atomic E-state index is -0.546. The maximum Gasteiger partial charge on any atom is 0.357 e. The van der Waals surface area contributed by atoms with Crippen molar-refractivity contribution >= 4 is 5.97 Å². The van der Waals surface area contributed by atoms with Gasteiger partial charge in [0.1, 0.15) is 11.4 Å². The van der Waals surface area contributed by atoms with Crippen molar-refractivity contribution in [3.05, 3.63) is 60.2 Å². The third kappa shape index (κ3) is 3.52. The quantitative estimate of drug-likeness (QED) is 0.669. The Bertz CT molecular complexity index is 785. The molecule has 0 radical (unpaired) electrons. The van der Waals surface area contributed by atoms with Crippen LogP contribution in [0.4, 0.5) is 0 Å². The van der Waals surface area contributed by atoms with Gasteiger partial charge in [0.15, 0.2) is 6.61 Å². The molecule has 0 amide bonds. The molecule has 0 saturated heterocycles. The van der Waals surface area contributed by atoms with Crippen molar-refractivity contribution in [2.75, 3.05) is 7.11 Å². The van der Waals surface area contributed by atoms with Crippen LogP contribution in [-0.4, -0.2) is 28.3 Å². The summed E-state index contributed by atoms with van der Waals surface area (Å²) in [5, 5.41) is 7.78. The fraction of sp³-hybridized carbons (Fsp3) is 0.125. The van der Waals surface area contributed by atoms with Crippen molar-refractivity contribution in [2.45, 2.75) is 6.61 Å². The monoisotopic (exact) mass is 311 g/mol. The maximum absolute atomic E-state index is 11.8. The summed E-state index contributed by atoms with van der Waals surface area (Å²) in [4.78, 5) is 15.7. The van der Waals surface area contributed by atoms with Crippen LogP contribution in [-0.2, 0) is 11.3 Å². The largest absolute Gasteiger partial charge is 0.497 e. The predicted octanol–water partition coefficient (Wildman–Crippen LogP) is 2.50. The molecule has 0 aliphatic heterocycles. The van der Waals surface area contributed by atoms with Crippen LogP contribution in [0.25, 0.3) is 11.5 Å². The zero-order valence-electron chi connectivity index (χ0n) is 12.3. The molecule has 0 aliphatic rings. The summed E-state index contributed by atoms with van der Waals surface area (Å²) in [7, 11) is 1.59. The van der Waals surface area contributed by atoms with Gasteiger partial charge in [-0.25, -0.2) is 9.78 Å². The summed E-state index contributed by atoms with van der Waals surface area (Å²) in [6.45, 7) is -0.113. The molecule has 0 fully saturated rings. The minimum Gasteiger partial charge on any atom is -0.497 e. The SMILES string of the molecule is COc1ccc(-c2nnc(COC(=O)c3ccccn3)o2)cc1. The lowest BCUT2D eigenvalue weighted by Gasteiger charge is -2.01. The Hall–Kier alpha value is -3.22. The molecular weight excluding hydrogens is 298 g/mol. The molecule has 116 valence electrons. The smallest absolute Gasteiger partial charge is 0.357 e. The van der Waals surface area contributed by atoms with E-state index >= 15 is 0 Å². The average molecular weight is 311 g/mol. The van der Waals surface area contributed by atoms with Crippen LogP contribution >= 0.6 is 0 Å². The van der Waals surface area contributed by atoms with E-state index in [1.807, 2.05) is 0 Å². The number of esters is 1. The van der Waals surface area contributed by atoms with Gasteiger partial charge in [0.05, 0.1) is 7.11 Å². The van der Waals surface area contributed by atoms with E-state index in [0.717, 1.165) is 11.3 Å². The van der Waals surface area contributed by atoms with Gasteiger partial charge >= 0.3 is 5.97 Å². The van der Waals surface area contributed by atoms with Crippen LogP contribution in [0.3, 0.4) is 0 Å². The minimum absolute atomic E-state index is 0.113. The molecule has 3 aromatic rings. The number of hydrogen-bond acceptors (Lipinski definition) is 7. The van der Waals surface area contributed by atoms with E-state index in [1.54, 1.807) is 49.6 Å². The normalized spacial score (nSPS) is 10.3. The molecule has 1 aromatic carbocycles. The van der Waals surface area contributed by atoms with Gasteiger partial charge in [0.25, 0.3) is 5.89 Å². The zero-order chi connectivity index (χ0) is 16.1. The second-order valence-corrected chi connectivity index (χ2v) is 4.52. The van der Waals surface area contributed by atoms with E-state index in [1.165, 1.54) is 6.20 Å².